The average molecular weight is 503 g/mol. The number of halogens is 2. The highest BCUT2D eigenvalue weighted by atomic mass is 35.5. The van der Waals surface area contributed by atoms with Gasteiger partial charge >= 0.3 is 6.09 Å². The molecule has 0 aromatic heterocycles. The molecule has 1 unspecified atom stereocenters. The highest BCUT2D eigenvalue weighted by molar-refractivity contribution is 5.96. The highest BCUT2D eigenvalue weighted by Crippen LogP contribution is 2.39. The first kappa shape index (κ1) is 27.2. The second kappa shape index (κ2) is 13.0. The Labute approximate surface area is 214 Å². The van der Waals surface area contributed by atoms with Crippen molar-refractivity contribution in [1.29, 1.82) is 0 Å². The molecular formula is C28H36ClFN2O3. The molecule has 1 aliphatic carbocycles. The Kier molecular flexibility index (Phi) is 10.1. The van der Waals surface area contributed by atoms with E-state index in [9.17, 15) is 14.0 Å². The van der Waals surface area contributed by atoms with Crippen LogP contribution in [-0.2, 0) is 4.74 Å². The standard InChI is InChI=1S/C28H35FN2O3.ClH/c1-2-34-28(33)31(23-9-4-3-5-10-23)26-18-20-30(25-12-7-6-11-24(25)26)19-8-13-27(32)21-14-16-22(29)17-15-21;/h3-5,9-10,14-17,24-26H,2,6-8,11-13,18-20H2,1H3;1H/t24-,25?,26+;/m1./s1. The lowest BCUT2D eigenvalue weighted by molar-refractivity contribution is 0.0414. The molecule has 4 rings (SSSR count). The van der Waals surface area contributed by atoms with Crippen molar-refractivity contribution in [3.63, 3.8) is 0 Å². The van der Waals surface area contributed by atoms with E-state index >= 15 is 0 Å². The number of carbonyl (C=O) groups excluding carboxylic acids is 2. The highest BCUT2D eigenvalue weighted by Gasteiger charge is 2.43. The van der Waals surface area contributed by atoms with Gasteiger partial charge in [-0.3, -0.25) is 14.6 Å². The molecule has 1 saturated heterocycles. The maximum Gasteiger partial charge on any atom is 0.414 e. The van der Waals surface area contributed by atoms with Gasteiger partial charge in [0.15, 0.2) is 5.78 Å². The summed E-state index contributed by atoms with van der Waals surface area (Å²) in [5.74, 6) is 0.127. The predicted octanol–water partition coefficient (Wildman–Crippen LogP) is 6.51. The number of rotatable bonds is 8. The number of Topliss-reactive ketones (excluding diaryl/α,β-unsaturated/α-hetero) is 1. The Hall–Kier alpha value is -2.44. The lowest BCUT2D eigenvalue weighted by Gasteiger charge is -2.50. The smallest absolute Gasteiger partial charge is 0.414 e. The van der Waals surface area contributed by atoms with Gasteiger partial charge in [0.1, 0.15) is 5.82 Å². The number of hydrogen-bond donors (Lipinski definition) is 0. The molecule has 35 heavy (non-hydrogen) atoms. The number of para-hydroxylation sites is 1. The van der Waals surface area contributed by atoms with Crippen LogP contribution in [0.2, 0.25) is 0 Å². The third kappa shape index (κ3) is 6.62. The van der Waals surface area contributed by atoms with E-state index in [2.05, 4.69) is 4.90 Å². The number of likely N-dealkylation sites (tertiary alicyclic amines) is 1. The van der Waals surface area contributed by atoms with Crippen LogP contribution in [0.1, 0.15) is 62.2 Å². The molecule has 5 nitrogen and oxygen atoms in total. The molecule has 7 heteroatoms. The van der Waals surface area contributed by atoms with E-state index in [1.807, 2.05) is 42.2 Å². The van der Waals surface area contributed by atoms with Crippen LogP contribution in [0.25, 0.3) is 0 Å². The minimum absolute atomic E-state index is 0. The second-order valence-electron chi connectivity index (χ2n) is 9.35. The third-order valence-corrected chi connectivity index (χ3v) is 7.30. The van der Waals surface area contributed by atoms with Crippen LogP contribution in [0.5, 0.6) is 0 Å². The maximum atomic E-state index is 13.1. The number of ether oxygens (including phenoxy) is 1. The van der Waals surface area contributed by atoms with Gasteiger partial charge in [0.2, 0.25) is 0 Å². The van der Waals surface area contributed by atoms with Crippen LogP contribution < -0.4 is 4.90 Å². The van der Waals surface area contributed by atoms with Crippen LogP contribution in [-0.4, -0.2) is 48.6 Å². The van der Waals surface area contributed by atoms with Crippen LogP contribution in [0.15, 0.2) is 54.6 Å². The summed E-state index contributed by atoms with van der Waals surface area (Å²) in [6.45, 7) is 3.97. The quantitative estimate of drug-likeness (QED) is 0.386. The summed E-state index contributed by atoms with van der Waals surface area (Å²) >= 11 is 0. The van der Waals surface area contributed by atoms with Crippen LogP contribution >= 0.6 is 12.4 Å². The van der Waals surface area contributed by atoms with E-state index in [4.69, 9.17) is 4.74 Å². The van der Waals surface area contributed by atoms with E-state index in [1.165, 1.54) is 25.0 Å². The van der Waals surface area contributed by atoms with E-state index < -0.39 is 0 Å². The van der Waals surface area contributed by atoms with Gasteiger partial charge in [-0.25, -0.2) is 9.18 Å². The summed E-state index contributed by atoms with van der Waals surface area (Å²) < 4.78 is 18.6. The fourth-order valence-electron chi connectivity index (χ4n) is 5.76. The van der Waals surface area contributed by atoms with Gasteiger partial charge in [0.25, 0.3) is 0 Å². The summed E-state index contributed by atoms with van der Waals surface area (Å²) in [7, 11) is 0. The Balaban J connectivity index is 0.00000342. The van der Waals surface area contributed by atoms with Gasteiger partial charge in [-0.2, -0.15) is 0 Å². The number of piperidine rings is 1. The molecule has 0 bridgehead atoms. The third-order valence-electron chi connectivity index (χ3n) is 7.30. The van der Waals surface area contributed by atoms with Crippen molar-refractivity contribution in [3.8, 4) is 0 Å². The zero-order valence-electron chi connectivity index (χ0n) is 20.4. The van der Waals surface area contributed by atoms with Gasteiger partial charge in [-0.05, 0) is 81.5 Å². The van der Waals surface area contributed by atoms with Gasteiger partial charge < -0.3 is 4.74 Å². The first-order valence-corrected chi connectivity index (χ1v) is 12.6. The van der Waals surface area contributed by atoms with Crippen LogP contribution in [0.3, 0.4) is 0 Å². The fraction of sp³-hybridized carbons (Fsp3) is 0.500. The molecule has 2 fully saturated rings. The van der Waals surface area contributed by atoms with Crippen molar-refractivity contribution in [2.24, 2.45) is 5.92 Å². The second-order valence-corrected chi connectivity index (χ2v) is 9.35. The van der Waals surface area contributed by atoms with Crippen molar-refractivity contribution in [2.45, 2.75) is 64.0 Å². The van der Waals surface area contributed by atoms with Crippen LogP contribution in [0.4, 0.5) is 14.9 Å². The summed E-state index contributed by atoms with van der Waals surface area (Å²) in [5, 5.41) is 0. The number of amides is 1. The maximum absolute atomic E-state index is 13.1. The molecule has 2 aromatic carbocycles. The van der Waals surface area contributed by atoms with E-state index in [0.717, 1.165) is 44.5 Å². The average Bonchev–Trinajstić information content (AvgIpc) is 2.86. The molecule has 1 saturated carbocycles. The lowest BCUT2D eigenvalue weighted by Crippen LogP contribution is -2.59. The summed E-state index contributed by atoms with van der Waals surface area (Å²) in [4.78, 5) is 30.0. The van der Waals surface area contributed by atoms with Gasteiger partial charge in [-0.1, -0.05) is 31.0 Å². The Morgan fingerprint density at radius 1 is 1.03 bits per heavy atom. The first-order valence-electron chi connectivity index (χ1n) is 12.6. The molecular weight excluding hydrogens is 467 g/mol. The van der Waals surface area contributed by atoms with Gasteiger partial charge in [0, 0.05) is 36.3 Å². The Bertz CT molecular complexity index is 956. The van der Waals surface area contributed by atoms with Crippen LogP contribution in [0, 0.1) is 11.7 Å². The zero-order valence-corrected chi connectivity index (χ0v) is 21.2. The number of anilines is 1. The van der Waals surface area contributed by atoms with Crippen molar-refractivity contribution < 1.29 is 18.7 Å². The minimum atomic E-state index is -0.324. The topological polar surface area (TPSA) is 49.9 Å². The van der Waals surface area contributed by atoms with Crippen molar-refractivity contribution in [2.75, 3.05) is 24.6 Å². The molecule has 1 heterocycles. The number of nitrogens with zero attached hydrogens (tertiary/aromatic N) is 2. The largest absolute Gasteiger partial charge is 0.449 e. The van der Waals surface area contributed by atoms with Crippen molar-refractivity contribution >= 4 is 30.0 Å². The van der Waals surface area contributed by atoms with Crippen molar-refractivity contribution in [1.82, 2.24) is 4.90 Å². The summed E-state index contributed by atoms with van der Waals surface area (Å²) in [5.41, 5.74) is 1.47. The molecule has 3 atom stereocenters. The summed E-state index contributed by atoms with van der Waals surface area (Å²) in [6.07, 6.45) is 6.47. The molecule has 190 valence electrons. The molecule has 0 radical (unpaired) electrons. The molecule has 2 aromatic rings. The monoisotopic (exact) mass is 502 g/mol. The molecule has 1 aliphatic heterocycles. The normalized spacial score (nSPS) is 21.9. The predicted molar refractivity (Wildman–Crippen MR) is 139 cm³/mol. The number of carbonyl (C=O) groups is 2. The zero-order chi connectivity index (χ0) is 23.9. The SMILES string of the molecule is CCOC(=O)N(c1ccccc1)[C@H]1CCN(CCCC(=O)c2ccc(F)cc2)C2CCCC[C@H]21.Cl. The molecule has 2 aliphatic rings. The van der Waals surface area contributed by atoms with E-state index in [1.54, 1.807) is 12.1 Å². The lowest BCUT2D eigenvalue weighted by atomic mass is 9.74. The minimum Gasteiger partial charge on any atom is -0.449 e. The number of ketones is 1. The Morgan fingerprint density at radius 2 is 1.74 bits per heavy atom. The van der Waals surface area contributed by atoms with Crippen molar-refractivity contribution in [3.05, 3.63) is 66.0 Å². The number of hydrogen-bond acceptors (Lipinski definition) is 4. The molecule has 0 spiro atoms. The molecule has 0 N–H and O–H groups in total. The first-order chi connectivity index (χ1) is 16.6. The Morgan fingerprint density at radius 3 is 2.46 bits per heavy atom. The van der Waals surface area contributed by atoms with E-state index in [0.29, 0.717) is 30.6 Å². The van der Waals surface area contributed by atoms with Gasteiger partial charge in [0.05, 0.1) is 6.61 Å². The number of fused-ring (bicyclic) bond motifs is 1. The molecule has 1 amide bonds. The van der Waals surface area contributed by atoms with Gasteiger partial charge in [-0.15, -0.1) is 12.4 Å². The fourth-order valence-corrected chi connectivity index (χ4v) is 5.76. The van der Waals surface area contributed by atoms with E-state index in [-0.39, 0.29) is 36.1 Å². The number of benzene rings is 2. The summed E-state index contributed by atoms with van der Waals surface area (Å²) in [6, 6.07) is 16.2.